The van der Waals surface area contributed by atoms with E-state index in [1.807, 2.05) is 0 Å². The summed E-state index contributed by atoms with van der Waals surface area (Å²) in [6.45, 7) is 0. The molecular weight excluding hydrogens is 377 g/mol. The molecule has 0 saturated heterocycles. The largest absolute Gasteiger partial charge is 0.495 e. The van der Waals surface area contributed by atoms with E-state index in [9.17, 15) is 14.0 Å². The van der Waals surface area contributed by atoms with Gasteiger partial charge in [-0.05, 0) is 48.5 Å². The van der Waals surface area contributed by atoms with Crippen LogP contribution in [0.3, 0.4) is 0 Å². The molecule has 6 nitrogen and oxygen atoms in total. The van der Waals surface area contributed by atoms with Gasteiger partial charge in [0.05, 0.1) is 23.4 Å². The topological polar surface area (TPSA) is 88.8 Å². The Kier molecular flexibility index (Phi) is 5.14. The van der Waals surface area contributed by atoms with Gasteiger partial charge < -0.3 is 19.6 Å². The van der Waals surface area contributed by atoms with Crippen LogP contribution in [0.2, 0.25) is 5.02 Å². The molecule has 0 unspecified atom stereocenters. The average molecular weight is 390 g/mol. The van der Waals surface area contributed by atoms with Crippen LogP contribution in [-0.4, -0.2) is 24.1 Å². The van der Waals surface area contributed by atoms with E-state index in [4.69, 9.17) is 25.9 Å². The first-order chi connectivity index (χ1) is 12.9. The SMILES string of the molecule is COc1ccc(C(=O)O)cc1NC(=O)c1ccc(-c2ccc(F)c(Cl)c2)o1. The smallest absolute Gasteiger partial charge is 0.335 e. The summed E-state index contributed by atoms with van der Waals surface area (Å²) in [4.78, 5) is 23.5. The molecule has 8 heteroatoms. The van der Waals surface area contributed by atoms with E-state index in [1.165, 1.54) is 49.6 Å². The van der Waals surface area contributed by atoms with Crippen LogP contribution in [0.5, 0.6) is 5.75 Å². The molecule has 3 aromatic rings. The minimum Gasteiger partial charge on any atom is -0.495 e. The van der Waals surface area contributed by atoms with Gasteiger partial charge in [-0.25, -0.2) is 9.18 Å². The number of ether oxygens (including phenoxy) is 1. The van der Waals surface area contributed by atoms with Gasteiger partial charge in [-0.2, -0.15) is 0 Å². The van der Waals surface area contributed by atoms with Crippen LogP contribution < -0.4 is 10.1 Å². The number of furan rings is 1. The van der Waals surface area contributed by atoms with E-state index >= 15 is 0 Å². The quantitative estimate of drug-likeness (QED) is 0.660. The summed E-state index contributed by atoms with van der Waals surface area (Å²) in [5.74, 6) is -1.70. The van der Waals surface area contributed by atoms with Crippen molar-refractivity contribution in [3.05, 3.63) is 70.7 Å². The van der Waals surface area contributed by atoms with Crippen molar-refractivity contribution < 1.29 is 28.2 Å². The van der Waals surface area contributed by atoms with Crippen molar-refractivity contribution in [1.29, 1.82) is 0 Å². The number of carbonyl (C=O) groups is 2. The summed E-state index contributed by atoms with van der Waals surface area (Å²) in [6, 6.07) is 11.1. The third-order valence-electron chi connectivity index (χ3n) is 3.73. The third kappa shape index (κ3) is 3.93. The van der Waals surface area contributed by atoms with Crippen molar-refractivity contribution in [3.63, 3.8) is 0 Å². The van der Waals surface area contributed by atoms with Crippen molar-refractivity contribution >= 4 is 29.2 Å². The zero-order valence-electron chi connectivity index (χ0n) is 14.0. The zero-order valence-corrected chi connectivity index (χ0v) is 14.7. The molecule has 0 aliphatic rings. The Hall–Kier alpha value is -3.32. The van der Waals surface area contributed by atoms with E-state index in [2.05, 4.69) is 5.32 Å². The molecule has 2 N–H and O–H groups in total. The maximum atomic E-state index is 13.3. The standard InChI is InChI=1S/C19H13ClFNO5/c1-26-16-5-3-11(19(24)25)9-14(16)22-18(23)17-7-6-15(27-17)10-2-4-13(21)12(20)8-10/h2-9H,1H3,(H,22,23)(H,24,25). The maximum absolute atomic E-state index is 13.3. The first-order valence-electron chi connectivity index (χ1n) is 7.67. The lowest BCUT2D eigenvalue weighted by atomic mass is 10.2. The lowest BCUT2D eigenvalue weighted by molar-refractivity contribution is 0.0696. The molecule has 2 aromatic carbocycles. The van der Waals surface area contributed by atoms with Gasteiger partial charge in [-0.3, -0.25) is 4.79 Å². The van der Waals surface area contributed by atoms with Gasteiger partial charge in [0.2, 0.25) is 0 Å². The molecule has 0 radical (unpaired) electrons. The summed E-state index contributed by atoms with van der Waals surface area (Å²) < 4.78 is 23.9. The molecule has 3 rings (SSSR count). The van der Waals surface area contributed by atoms with E-state index in [1.54, 1.807) is 6.07 Å². The second-order valence-electron chi connectivity index (χ2n) is 5.47. The lowest BCUT2D eigenvalue weighted by Gasteiger charge is -2.10. The number of rotatable bonds is 5. The molecule has 0 atom stereocenters. The number of carboxylic acids is 1. The van der Waals surface area contributed by atoms with Crippen molar-refractivity contribution in [2.24, 2.45) is 0 Å². The van der Waals surface area contributed by atoms with Crippen LogP contribution in [0.4, 0.5) is 10.1 Å². The summed E-state index contributed by atoms with van der Waals surface area (Å²) in [7, 11) is 1.40. The van der Waals surface area contributed by atoms with Crippen LogP contribution in [0, 0.1) is 5.82 Å². The van der Waals surface area contributed by atoms with E-state index in [0.29, 0.717) is 17.1 Å². The van der Waals surface area contributed by atoms with Crippen molar-refractivity contribution in [1.82, 2.24) is 0 Å². The van der Waals surface area contributed by atoms with Gasteiger partial charge in [0.25, 0.3) is 5.91 Å². The third-order valence-corrected chi connectivity index (χ3v) is 4.02. The Balaban J connectivity index is 1.85. The lowest BCUT2D eigenvalue weighted by Crippen LogP contribution is -2.12. The monoisotopic (exact) mass is 389 g/mol. The highest BCUT2D eigenvalue weighted by atomic mass is 35.5. The van der Waals surface area contributed by atoms with Crippen LogP contribution in [-0.2, 0) is 0 Å². The first-order valence-corrected chi connectivity index (χ1v) is 8.05. The highest BCUT2D eigenvalue weighted by molar-refractivity contribution is 6.31. The Morgan fingerprint density at radius 1 is 1.15 bits per heavy atom. The predicted molar refractivity (Wildman–Crippen MR) is 97.0 cm³/mol. The Morgan fingerprint density at radius 2 is 1.93 bits per heavy atom. The second kappa shape index (κ2) is 7.51. The number of methoxy groups -OCH3 is 1. The van der Waals surface area contributed by atoms with E-state index in [0.717, 1.165) is 0 Å². The average Bonchev–Trinajstić information content (AvgIpc) is 3.14. The van der Waals surface area contributed by atoms with Gasteiger partial charge in [-0.1, -0.05) is 11.6 Å². The molecule has 0 saturated carbocycles. The van der Waals surface area contributed by atoms with Gasteiger partial charge >= 0.3 is 5.97 Å². The summed E-state index contributed by atoms with van der Waals surface area (Å²) in [5, 5.41) is 11.6. The van der Waals surface area contributed by atoms with Crippen LogP contribution in [0.1, 0.15) is 20.9 Å². The highest BCUT2D eigenvalue weighted by Crippen LogP contribution is 2.29. The minimum atomic E-state index is -1.14. The fourth-order valence-electron chi connectivity index (χ4n) is 2.39. The number of aromatic carboxylic acids is 1. The number of nitrogens with one attached hydrogen (secondary N) is 1. The first kappa shape index (κ1) is 18.5. The molecule has 0 aliphatic carbocycles. The predicted octanol–water partition coefficient (Wildman–Crippen LogP) is 4.70. The Morgan fingerprint density at radius 3 is 2.59 bits per heavy atom. The van der Waals surface area contributed by atoms with E-state index < -0.39 is 17.7 Å². The summed E-state index contributed by atoms with van der Waals surface area (Å²) in [6.07, 6.45) is 0. The van der Waals surface area contributed by atoms with Crippen LogP contribution >= 0.6 is 11.6 Å². The summed E-state index contributed by atoms with van der Waals surface area (Å²) in [5.41, 5.74) is 0.684. The second-order valence-corrected chi connectivity index (χ2v) is 5.87. The molecule has 1 amide bonds. The number of hydrogen-bond acceptors (Lipinski definition) is 4. The number of carbonyl (C=O) groups excluding carboxylic acids is 1. The molecule has 0 fully saturated rings. The maximum Gasteiger partial charge on any atom is 0.335 e. The number of anilines is 1. The number of carboxylic acid groups (broad SMARTS) is 1. The fourth-order valence-corrected chi connectivity index (χ4v) is 2.57. The van der Waals surface area contributed by atoms with Gasteiger partial charge in [-0.15, -0.1) is 0 Å². The molecule has 0 aliphatic heterocycles. The highest BCUT2D eigenvalue weighted by Gasteiger charge is 2.16. The van der Waals surface area contributed by atoms with Crippen LogP contribution in [0.15, 0.2) is 52.9 Å². The fraction of sp³-hybridized carbons (Fsp3) is 0.0526. The number of benzene rings is 2. The van der Waals surface area contributed by atoms with Crippen molar-refractivity contribution in [2.45, 2.75) is 0 Å². The van der Waals surface area contributed by atoms with Gasteiger partial charge in [0.1, 0.15) is 17.3 Å². The number of amides is 1. The molecule has 138 valence electrons. The minimum absolute atomic E-state index is 0.00723. The van der Waals surface area contributed by atoms with Crippen molar-refractivity contribution in [2.75, 3.05) is 12.4 Å². The van der Waals surface area contributed by atoms with Crippen LogP contribution in [0.25, 0.3) is 11.3 Å². The number of halogens is 2. The Bertz CT molecular complexity index is 1030. The molecule has 0 spiro atoms. The van der Waals surface area contributed by atoms with Crippen molar-refractivity contribution in [3.8, 4) is 17.1 Å². The molecular formula is C19H13ClFNO5. The molecule has 27 heavy (non-hydrogen) atoms. The Labute approximate surface area is 158 Å². The van der Waals surface area contributed by atoms with Gasteiger partial charge in [0, 0.05) is 5.56 Å². The molecule has 0 bridgehead atoms. The zero-order chi connectivity index (χ0) is 19.6. The molecule has 1 aromatic heterocycles. The molecule has 1 heterocycles. The number of hydrogen-bond donors (Lipinski definition) is 2. The van der Waals surface area contributed by atoms with Gasteiger partial charge in [0.15, 0.2) is 5.76 Å². The summed E-state index contributed by atoms with van der Waals surface area (Å²) >= 11 is 5.76. The van der Waals surface area contributed by atoms with E-state index in [-0.39, 0.29) is 22.0 Å². The normalized spacial score (nSPS) is 10.5.